The molecule has 8 nitrogen and oxygen atoms in total. The molecule has 4 bridgehead atoms. The van der Waals surface area contributed by atoms with Crippen molar-refractivity contribution in [2.24, 2.45) is 22.7 Å². The molecule has 2 heterocycles. The van der Waals surface area contributed by atoms with Crippen LogP contribution >= 0.6 is 0 Å². The van der Waals surface area contributed by atoms with Gasteiger partial charge in [-0.3, -0.25) is 10.6 Å². The fraction of sp³-hybridized carbons (Fsp3) is 0.565. The third-order valence-electron chi connectivity index (χ3n) is 6.83. The maximum Gasteiger partial charge on any atom is 0.321 e. The number of urea groups is 1. The van der Waals surface area contributed by atoms with Gasteiger partial charge in [0.25, 0.3) is 0 Å². The molecule has 6 rings (SSSR count). The maximum atomic E-state index is 13.0. The van der Waals surface area contributed by atoms with Crippen LogP contribution in [0.5, 0.6) is 0 Å². The molecule has 0 saturated heterocycles. The van der Waals surface area contributed by atoms with E-state index in [1.165, 1.54) is 19.3 Å². The Morgan fingerprint density at radius 1 is 1.13 bits per heavy atom. The molecule has 2 amide bonds. The van der Waals surface area contributed by atoms with Gasteiger partial charge in [-0.2, -0.15) is 0 Å². The molecule has 164 valence electrons. The molecule has 0 unspecified atom stereocenters. The SMILES string of the molecule is Cc1cc(C)nc(NC(=NCc2ccco2)NC(=O)NC23CC4CC(CC(C4)C2)C3)n1. The first kappa shape index (κ1) is 20.0. The van der Waals surface area contributed by atoms with E-state index < -0.39 is 0 Å². The standard InChI is InChI=1S/C23H30N6O2/c1-14-6-15(2)26-21(25-14)27-20(24-13-19-4-3-5-31-19)28-22(30)29-23-10-16-7-17(11-23)9-18(8-16)12-23/h3-6,16-18H,7-13H2,1-2H3,(H3,24,25,26,27,28,29,30). The molecule has 0 spiro atoms. The zero-order valence-corrected chi connectivity index (χ0v) is 18.1. The average molecular weight is 423 g/mol. The van der Waals surface area contributed by atoms with Gasteiger partial charge in [-0.1, -0.05) is 0 Å². The molecule has 2 aromatic heterocycles. The van der Waals surface area contributed by atoms with Crippen LogP contribution in [0.4, 0.5) is 10.7 Å². The highest BCUT2D eigenvalue weighted by molar-refractivity contribution is 6.03. The summed E-state index contributed by atoms with van der Waals surface area (Å²) in [6.07, 6.45) is 8.91. The number of amides is 2. The van der Waals surface area contributed by atoms with E-state index in [4.69, 9.17) is 4.42 Å². The van der Waals surface area contributed by atoms with Crippen LogP contribution in [0.1, 0.15) is 55.7 Å². The van der Waals surface area contributed by atoms with Crippen LogP contribution in [0.15, 0.2) is 33.9 Å². The van der Waals surface area contributed by atoms with Gasteiger partial charge in [0.15, 0.2) is 0 Å². The molecule has 31 heavy (non-hydrogen) atoms. The minimum Gasteiger partial charge on any atom is -0.467 e. The van der Waals surface area contributed by atoms with E-state index in [0.717, 1.165) is 48.4 Å². The molecule has 0 aromatic carbocycles. The van der Waals surface area contributed by atoms with Crippen LogP contribution in [0.2, 0.25) is 0 Å². The van der Waals surface area contributed by atoms with Crippen LogP contribution in [0, 0.1) is 31.6 Å². The van der Waals surface area contributed by atoms with Crippen molar-refractivity contribution in [3.05, 3.63) is 41.6 Å². The first-order valence-electron chi connectivity index (χ1n) is 11.2. The van der Waals surface area contributed by atoms with Gasteiger partial charge in [0, 0.05) is 16.9 Å². The second-order valence-electron chi connectivity index (χ2n) is 9.62. The number of carbonyl (C=O) groups is 1. The van der Waals surface area contributed by atoms with E-state index in [0.29, 0.717) is 24.2 Å². The largest absolute Gasteiger partial charge is 0.467 e. The minimum absolute atomic E-state index is 0.0681. The number of aryl methyl sites for hydroxylation is 2. The number of furan rings is 1. The molecule has 4 fully saturated rings. The second kappa shape index (κ2) is 7.98. The summed E-state index contributed by atoms with van der Waals surface area (Å²) in [5.74, 6) is 3.72. The molecule has 4 aliphatic carbocycles. The lowest BCUT2D eigenvalue weighted by Crippen LogP contribution is -2.62. The van der Waals surface area contributed by atoms with E-state index in [9.17, 15) is 4.79 Å². The minimum atomic E-state index is -0.225. The molecule has 2 aromatic rings. The monoisotopic (exact) mass is 422 g/mol. The van der Waals surface area contributed by atoms with Gasteiger partial charge in [-0.05, 0) is 88.3 Å². The third-order valence-corrected chi connectivity index (χ3v) is 6.83. The van der Waals surface area contributed by atoms with E-state index >= 15 is 0 Å². The Morgan fingerprint density at radius 2 is 1.77 bits per heavy atom. The summed E-state index contributed by atoms with van der Waals surface area (Å²) in [6.45, 7) is 4.12. The fourth-order valence-electron chi connectivity index (χ4n) is 6.20. The molecule has 4 saturated carbocycles. The van der Waals surface area contributed by atoms with Gasteiger partial charge in [-0.25, -0.2) is 19.8 Å². The van der Waals surface area contributed by atoms with Crippen molar-refractivity contribution in [2.75, 3.05) is 5.32 Å². The Morgan fingerprint density at radius 3 is 2.35 bits per heavy atom. The topological polar surface area (TPSA) is 104 Å². The van der Waals surface area contributed by atoms with Gasteiger partial charge in [0.2, 0.25) is 11.9 Å². The second-order valence-corrected chi connectivity index (χ2v) is 9.62. The van der Waals surface area contributed by atoms with Gasteiger partial charge >= 0.3 is 6.03 Å². The molecule has 8 heteroatoms. The number of carbonyl (C=O) groups excluding carboxylic acids is 1. The van der Waals surface area contributed by atoms with Crippen molar-refractivity contribution in [3.63, 3.8) is 0 Å². The Bertz CT molecular complexity index is 928. The summed E-state index contributed by atoms with van der Waals surface area (Å²) in [5, 5.41) is 9.31. The third kappa shape index (κ3) is 4.57. The summed E-state index contributed by atoms with van der Waals surface area (Å²) in [4.78, 5) is 26.3. The highest BCUT2D eigenvalue weighted by Gasteiger charge is 2.51. The van der Waals surface area contributed by atoms with E-state index in [1.54, 1.807) is 6.26 Å². The molecule has 0 atom stereocenters. The zero-order valence-electron chi connectivity index (χ0n) is 18.1. The van der Waals surface area contributed by atoms with E-state index in [2.05, 4.69) is 30.9 Å². The van der Waals surface area contributed by atoms with Crippen LogP contribution in [0.3, 0.4) is 0 Å². The van der Waals surface area contributed by atoms with Crippen molar-refractivity contribution in [1.82, 2.24) is 20.6 Å². The molecule has 0 radical (unpaired) electrons. The predicted octanol–water partition coefficient (Wildman–Crippen LogP) is 3.92. The Hall–Kier alpha value is -2.90. The fourth-order valence-corrected chi connectivity index (χ4v) is 6.20. The molecular weight excluding hydrogens is 392 g/mol. The number of aromatic nitrogens is 2. The van der Waals surface area contributed by atoms with Crippen molar-refractivity contribution in [1.29, 1.82) is 0 Å². The van der Waals surface area contributed by atoms with Crippen LogP contribution in [-0.4, -0.2) is 27.5 Å². The van der Waals surface area contributed by atoms with Gasteiger partial charge in [-0.15, -0.1) is 0 Å². The smallest absolute Gasteiger partial charge is 0.321 e. The summed E-state index contributed by atoms with van der Waals surface area (Å²) in [6, 6.07) is 5.34. The number of rotatable bonds is 4. The quantitative estimate of drug-likeness (QED) is 0.512. The summed E-state index contributed by atoms with van der Waals surface area (Å²) in [7, 11) is 0. The molecule has 3 N–H and O–H groups in total. The highest BCUT2D eigenvalue weighted by atomic mass is 16.3. The summed E-state index contributed by atoms with van der Waals surface area (Å²) in [5.41, 5.74) is 1.62. The first-order valence-corrected chi connectivity index (χ1v) is 11.2. The highest BCUT2D eigenvalue weighted by Crippen LogP contribution is 2.55. The number of nitrogens with zero attached hydrogens (tertiary/aromatic N) is 3. The number of hydrogen-bond acceptors (Lipinski definition) is 5. The van der Waals surface area contributed by atoms with E-state index in [1.807, 2.05) is 32.0 Å². The predicted molar refractivity (Wildman–Crippen MR) is 118 cm³/mol. The van der Waals surface area contributed by atoms with Crippen LogP contribution in [0.25, 0.3) is 0 Å². The van der Waals surface area contributed by atoms with Gasteiger partial charge in [0.05, 0.1) is 6.26 Å². The number of guanidine groups is 1. The number of anilines is 1. The van der Waals surface area contributed by atoms with Crippen molar-refractivity contribution >= 4 is 17.9 Å². The number of nitrogens with one attached hydrogen (secondary N) is 3. The van der Waals surface area contributed by atoms with Crippen LogP contribution < -0.4 is 16.0 Å². The summed E-state index contributed by atoms with van der Waals surface area (Å²) >= 11 is 0. The molecule has 4 aliphatic rings. The molecule has 0 aliphatic heterocycles. The van der Waals surface area contributed by atoms with E-state index in [-0.39, 0.29) is 11.6 Å². The van der Waals surface area contributed by atoms with Gasteiger partial charge in [0.1, 0.15) is 12.3 Å². The van der Waals surface area contributed by atoms with Crippen molar-refractivity contribution < 1.29 is 9.21 Å². The number of aliphatic imine (C=N–C) groups is 1. The Kier molecular flexibility index (Phi) is 5.16. The normalized spacial score (nSPS) is 29.1. The lowest BCUT2D eigenvalue weighted by Gasteiger charge is -2.56. The maximum absolute atomic E-state index is 13.0. The van der Waals surface area contributed by atoms with Crippen molar-refractivity contribution in [3.8, 4) is 0 Å². The lowest BCUT2D eigenvalue weighted by atomic mass is 9.53. The summed E-state index contributed by atoms with van der Waals surface area (Å²) < 4.78 is 5.37. The average Bonchev–Trinajstić information content (AvgIpc) is 3.17. The van der Waals surface area contributed by atoms with Crippen LogP contribution in [-0.2, 0) is 6.54 Å². The Labute approximate surface area is 182 Å². The zero-order chi connectivity index (χ0) is 21.4. The first-order chi connectivity index (χ1) is 14.9. The Balaban J connectivity index is 1.30. The van der Waals surface area contributed by atoms with Gasteiger partial charge < -0.3 is 9.73 Å². The molecular formula is C23H30N6O2. The lowest BCUT2D eigenvalue weighted by molar-refractivity contribution is -0.0132. The van der Waals surface area contributed by atoms with Crippen molar-refractivity contribution in [2.45, 2.75) is 64.5 Å². The number of hydrogen-bond donors (Lipinski definition) is 3.